The van der Waals surface area contributed by atoms with Crippen molar-refractivity contribution in [2.24, 2.45) is 5.92 Å². The third-order valence-electron chi connectivity index (χ3n) is 5.33. The fraction of sp³-hybridized carbons (Fsp3) is 0.364. The van der Waals surface area contributed by atoms with Crippen LogP contribution in [0.25, 0.3) is 0 Å². The van der Waals surface area contributed by atoms with Gasteiger partial charge in [0.15, 0.2) is 0 Å². The highest BCUT2D eigenvalue weighted by atomic mass is 35.5. The van der Waals surface area contributed by atoms with Crippen LogP contribution in [0.15, 0.2) is 48.5 Å². The lowest BCUT2D eigenvalue weighted by Gasteiger charge is -2.34. The number of carbonyl (C=O) groups is 2. The van der Waals surface area contributed by atoms with E-state index in [2.05, 4.69) is 15.5 Å². The summed E-state index contributed by atoms with van der Waals surface area (Å²) in [6.45, 7) is 3.81. The Morgan fingerprint density at radius 2 is 1.79 bits per heavy atom. The second kappa shape index (κ2) is 10.1. The van der Waals surface area contributed by atoms with E-state index in [1.165, 1.54) is 0 Å². The SMILES string of the molecule is C[C@@H](C(=O)Nc1ccc(Cl)cc1Cl)N1CCC(C(=O)NCc2ccccc2)CC1. The number of nitrogens with one attached hydrogen (secondary N) is 2. The van der Waals surface area contributed by atoms with E-state index >= 15 is 0 Å². The molecule has 1 fully saturated rings. The molecule has 0 saturated carbocycles. The minimum absolute atomic E-state index is 0.0177. The van der Waals surface area contributed by atoms with Crippen LogP contribution in [0.2, 0.25) is 10.0 Å². The number of hydrogen-bond donors (Lipinski definition) is 2. The van der Waals surface area contributed by atoms with Gasteiger partial charge in [0.25, 0.3) is 0 Å². The van der Waals surface area contributed by atoms with E-state index in [1.807, 2.05) is 37.3 Å². The number of rotatable bonds is 6. The average molecular weight is 434 g/mol. The molecular formula is C22H25Cl2N3O2. The average Bonchev–Trinajstić information content (AvgIpc) is 2.74. The number of piperidine rings is 1. The van der Waals surface area contributed by atoms with Gasteiger partial charge in [-0.25, -0.2) is 0 Å². The van der Waals surface area contributed by atoms with E-state index in [9.17, 15) is 9.59 Å². The first-order valence-corrected chi connectivity index (χ1v) is 10.5. The molecule has 3 rings (SSSR count). The molecule has 1 heterocycles. The molecule has 29 heavy (non-hydrogen) atoms. The summed E-state index contributed by atoms with van der Waals surface area (Å²) in [5.41, 5.74) is 1.63. The first kappa shape index (κ1) is 21.6. The van der Waals surface area contributed by atoms with E-state index in [4.69, 9.17) is 23.2 Å². The van der Waals surface area contributed by atoms with Gasteiger partial charge in [-0.05, 0) is 56.6 Å². The summed E-state index contributed by atoms with van der Waals surface area (Å²) in [7, 11) is 0. The molecule has 1 atom stereocenters. The molecule has 1 aliphatic rings. The van der Waals surface area contributed by atoms with Gasteiger partial charge in [0.2, 0.25) is 11.8 Å². The fourth-order valence-corrected chi connectivity index (χ4v) is 3.93. The first-order valence-electron chi connectivity index (χ1n) is 9.75. The maximum Gasteiger partial charge on any atom is 0.241 e. The summed E-state index contributed by atoms with van der Waals surface area (Å²) in [4.78, 5) is 27.2. The summed E-state index contributed by atoms with van der Waals surface area (Å²) >= 11 is 12.0. The standard InChI is InChI=1S/C22H25Cl2N3O2/c1-15(21(28)26-20-8-7-18(23)13-19(20)24)27-11-9-17(10-12-27)22(29)25-14-16-5-3-2-4-6-16/h2-8,13,15,17H,9-12,14H2,1H3,(H,25,29)(H,26,28)/t15-/m0/s1. The van der Waals surface area contributed by atoms with Crippen molar-refractivity contribution in [1.82, 2.24) is 10.2 Å². The summed E-state index contributed by atoms with van der Waals surface area (Å²) in [6, 6.07) is 14.5. The lowest BCUT2D eigenvalue weighted by atomic mass is 9.94. The molecular weight excluding hydrogens is 409 g/mol. The van der Waals surface area contributed by atoms with Gasteiger partial charge in [-0.15, -0.1) is 0 Å². The molecule has 2 amide bonds. The molecule has 0 aliphatic carbocycles. The molecule has 1 aliphatic heterocycles. The van der Waals surface area contributed by atoms with Crippen molar-refractivity contribution < 1.29 is 9.59 Å². The molecule has 2 aromatic rings. The maximum absolute atomic E-state index is 12.6. The quantitative estimate of drug-likeness (QED) is 0.711. The normalized spacial score (nSPS) is 16.2. The van der Waals surface area contributed by atoms with Crippen LogP contribution in [0, 0.1) is 5.92 Å². The topological polar surface area (TPSA) is 61.4 Å². The van der Waals surface area contributed by atoms with E-state index in [0.29, 0.717) is 35.4 Å². The summed E-state index contributed by atoms with van der Waals surface area (Å²) in [5, 5.41) is 6.80. The Labute approximate surface area is 181 Å². The Kier molecular flexibility index (Phi) is 7.53. The number of benzene rings is 2. The summed E-state index contributed by atoms with van der Waals surface area (Å²) in [6.07, 6.45) is 1.47. The second-order valence-corrected chi connectivity index (χ2v) is 8.15. The van der Waals surface area contributed by atoms with Crippen molar-refractivity contribution in [2.45, 2.75) is 32.4 Å². The molecule has 0 spiro atoms. The number of carbonyl (C=O) groups excluding carboxylic acids is 2. The van der Waals surface area contributed by atoms with Crippen LogP contribution in [0.3, 0.4) is 0 Å². The summed E-state index contributed by atoms with van der Waals surface area (Å²) < 4.78 is 0. The van der Waals surface area contributed by atoms with Crippen molar-refractivity contribution in [3.8, 4) is 0 Å². The van der Waals surface area contributed by atoms with Gasteiger partial charge in [0, 0.05) is 17.5 Å². The second-order valence-electron chi connectivity index (χ2n) is 7.30. The zero-order valence-corrected chi connectivity index (χ0v) is 17.8. The Morgan fingerprint density at radius 3 is 2.45 bits per heavy atom. The Hall–Kier alpha value is -2.08. The van der Waals surface area contributed by atoms with Crippen LogP contribution in [-0.4, -0.2) is 35.8 Å². The predicted molar refractivity (Wildman–Crippen MR) is 117 cm³/mol. The minimum atomic E-state index is -0.310. The highest BCUT2D eigenvalue weighted by Crippen LogP contribution is 2.26. The molecule has 7 heteroatoms. The lowest BCUT2D eigenvalue weighted by molar-refractivity contribution is -0.127. The van der Waals surface area contributed by atoms with Gasteiger partial charge in [-0.3, -0.25) is 14.5 Å². The van der Waals surface area contributed by atoms with Gasteiger partial charge in [-0.2, -0.15) is 0 Å². The van der Waals surface area contributed by atoms with Crippen molar-refractivity contribution in [3.05, 3.63) is 64.1 Å². The Morgan fingerprint density at radius 1 is 1.10 bits per heavy atom. The largest absolute Gasteiger partial charge is 0.352 e. The minimum Gasteiger partial charge on any atom is -0.352 e. The molecule has 2 aromatic carbocycles. The molecule has 0 bridgehead atoms. The maximum atomic E-state index is 12.6. The van der Waals surface area contributed by atoms with Crippen molar-refractivity contribution in [2.75, 3.05) is 18.4 Å². The van der Waals surface area contributed by atoms with Crippen LogP contribution in [0.1, 0.15) is 25.3 Å². The molecule has 5 nitrogen and oxygen atoms in total. The van der Waals surface area contributed by atoms with E-state index in [0.717, 1.165) is 18.4 Å². The van der Waals surface area contributed by atoms with Crippen molar-refractivity contribution in [3.63, 3.8) is 0 Å². The zero-order chi connectivity index (χ0) is 20.8. The van der Waals surface area contributed by atoms with Crippen LogP contribution >= 0.6 is 23.2 Å². The molecule has 1 saturated heterocycles. The monoisotopic (exact) mass is 433 g/mol. The number of nitrogens with zero attached hydrogens (tertiary/aromatic N) is 1. The highest BCUT2D eigenvalue weighted by molar-refractivity contribution is 6.36. The number of halogens is 2. The number of hydrogen-bond acceptors (Lipinski definition) is 3. The van der Waals surface area contributed by atoms with Crippen LogP contribution < -0.4 is 10.6 Å². The fourth-order valence-electron chi connectivity index (χ4n) is 3.47. The third-order valence-corrected chi connectivity index (χ3v) is 5.87. The predicted octanol–water partition coefficient (Wildman–Crippen LogP) is 4.35. The molecule has 0 radical (unpaired) electrons. The van der Waals surface area contributed by atoms with E-state index < -0.39 is 0 Å². The number of amides is 2. The zero-order valence-electron chi connectivity index (χ0n) is 16.3. The smallest absolute Gasteiger partial charge is 0.241 e. The van der Waals surface area contributed by atoms with Gasteiger partial charge < -0.3 is 10.6 Å². The summed E-state index contributed by atoms with van der Waals surface area (Å²) in [5.74, 6) is -0.0595. The van der Waals surface area contributed by atoms with Crippen LogP contribution in [0.4, 0.5) is 5.69 Å². The van der Waals surface area contributed by atoms with Gasteiger partial charge in [-0.1, -0.05) is 53.5 Å². The van der Waals surface area contributed by atoms with Gasteiger partial charge in [0.1, 0.15) is 0 Å². The number of likely N-dealkylation sites (tertiary alicyclic amines) is 1. The van der Waals surface area contributed by atoms with E-state index in [-0.39, 0.29) is 23.8 Å². The number of anilines is 1. The van der Waals surface area contributed by atoms with Crippen molar-refractivity contribution >= 4 is 40.7 Å². The van der Waals surface area contributed by atoms with Crippen molar-refractivity contribution in [1.29, 1.82) is 0 Å². The molecule has 154 valence electrons. The molecule has 0 unspecified atom stereocenters. The third kappa shape index (κ3) is 5.95. The molecule has 0 aromatic heterocycles. The first-order chi connectivity index (χ1) is 13.9. The highest BCUT2D eigenvalue weighted by Gasteiger charge is 2.29. The van der Waals surface area contributed by atoms with Gasteiger partial charge in [0.05, 0.1) is 16.8 Å². The Balaban J connectivity index is 1.46. The van der Waals surface area contributed by atoms with Crippen LogP contribution in [0.5, 0.6) is 0 Å². The van der Waals surface area contributed by atoms with E-state index in [1.54, 1.807) is 18.2 Å². The lowest BCUT2D eigenvalue weighted by Crippen LogP contribution is -2.48. The van der Waals surface area contributed by atoms with Crippen LogP contribution in [-0.2, 0) is 16.1 Å². The van der Waals surface area contributed by atoms with Gasteiger partial charge >= 0.3 is 0 Å². The Bertz CT molecular complexity index is 852. The molecule has 2 N–H and O–H groups in total.